The molecule has 4 heteroatoms. The third-order valence-electron chi connectivity index (χ3n) is 6.16. The lowest BCUT2D eigenvalue weighted by atomic mass is 9.60. The van der Waals surface area contributed by atoms with E-state index < -0.39 is 17.4 Å². The largest absolute Gasteiger partial charge is 0.481 e. The third kappa shape index (κ3) is 7.28. The lowest BCUT2D eigenvalue weighted by molar-refractivity contribution is -0.160. The van der Waals surface area contributed by atoms with Crippen LogP contribution >= 0.6 is 0 Å². The van der Waals surface area contributed by atoms with Crippen LogP contribution in [0.5, 0.6) is 0 Å². The van der Waals surface area contributed by atoms with E-state index in [0.717, 1.165) is 32.1 Å². The van der Waals surface area contributed by atoms with Crippen molar-refractivity contribution in [3.8, 4) is 0 Å². The average Bonchev–Trinajstić information content (AvgIpc) is 2.54. The molecule has 0 saturated heterocycles. The van der Waals surface area contributed by atoms with Crippen LogP contribution in [0, 0.1) is 29.1 Å². The molecular formula is C22H42O4. The average molecular weight is 371 g/mol. The van der Waals surface area contributed by atoms with E-state index in [9.17, 15) is 14.7 Å². The molecular weight excluding hydrogens is 328 g/mol. The zero-order chi connectivity index (χ0) is 20.3. The highest BCUT2D eigenvalue weighted by molar-refractivity contribution is 5.75. The van der Waals surface area contributed by atoms with E-state index in [2.05, 4.69) is 20.8 Å². The Bertz CT molecular complexity index is 416. The predicted octanol–water partition coefficient (Wildman–Crippen LogP) is 6.24. The van der Waals surface area contributed by atoms with Crippen LogP contribution in [0.15, 0.2) is 0 Å². The van der Waals surface area contributed by atoms with E-state index in [1.54, 1.807) is 6.92 Å². The SMILES string of the molecule is CCCCCCCC(C(=O)O)(C(C)C)C(CCCC(C)C(=O)O)C(C)C. The summed E-state index contributed by atoms with van der Waals surface area (Å²) in [5.74, 6) is -1.40. The van der Waals surface area contributed by atoms with Gasteiger partial charge in [0.2, 0.25) is 0 Å². The smallest absolute Gasteiger partial charge is 0.310 e. The summed E-state index contributed by atoms with van der Waals surface area (Å²) in [5, 5.41) is 19.3. The molecule has 0 spiro atoms. The summed E-state index contributed by atoms with van der Waals surface area (Å²) in [4.78, 5) is 23.5. The molecule has 0 aliphatic heterocycles. The summed E-state index contributed by atoms with van der Waals surface area (Å²) < 4.78 is 0. The first-order valence-electron chi connectivity index (χ1n) is 10.6. The van der Waals surface area contributed by atoms with Gasteiger partial charge < -0.3 is 10.2 Å². The molecule has 154 valence electrons. The number of unbranched alkanes of at least 4 members (excludes halogenated alkanes) is 4. The molecule has 4 nitrogen and oxygen atoms in total. The maximum Gasteiger partial charge on any atom is 0.310 e. The Labute approximate surface area is 160 Å². The fraction of sp³-hybridized carbons (Fsp3) is 0.909. The highest BCUT2D eigenvalue weighted by Crippen LogP contribution is 2.47. The Kier molecular flexibility index (Phi) is 11.8. The molecule has 0 fully saturated rings. The maximum absolute atomic E-state index is 12.4. The number of hydrogen-bond donors (Lipinski definition) is 2. The Hall–Kier alpha value is -1.06. The van der Waals surface area contributed by atoms with Crippen molar-refractivity contribution in [1.82, 2.24) is 0 Å². The molecule has 2 N–H and O–H groups in total. The molecule has 3 unspecified atom stereocenters. The molecule has 0 rings (SSSR count). The molecule has 0 aliphatic rings. The molecule has 0 radical (unpaired) electrons. The van der Waals surface area contributed by atoms with Crippen LogP contribution in [0.4, 0.5) is 0 Å². The van der Waals surface area contributed by atoms with Gasteiger partial charge in [0.25, 0.3) is 0 Å². The topological polar surface area (TPSA) is 74.6 Å². The molecule has 0 aliphatic carbocycles. The van der Waals surface area contributed by atoms with Crippen LogP contribution in [0.1, 0.15) is 99.3 Å². The number of carboxylic acids is 2. The zero-order valence-electron chi connectivity index (χ0n) is 17.9. The normalized spacial score (nSPS) is 16.5. The van der Waals surface area contributed by atoms with E-state index in [0.29, 0.717) is 6.42 Å². The highest BCUT2D eigenvalue weighted by atomic mass is 16.4. The fourth-order valence-corrected chi connectivity index (χ4v) is 4.39. The molecule has 0 aromatic heterocycles. The first-order valence-corrected chi connectivity index (χ1v) is 10.6. The van der Waals surface area contributed by atoms with E-state index >= 15 is 0 Å². The van der Waals surface area contributed by atoms with Gasteiger partial charge in [-0.1, -0.05) is 80.1 Å². The predicted molar refractivity (Wildman–Crippen MR) is 107 cm³/mol. The molecule has 0 bridgehead atoms. The van der Waals surface area contributed by atoms with Crippen molar-refractivity contribution in [3.05, 3.63) is 0 Å². The Morgan fingerprint density at radius 2 is 1.42 bits per heavy atom. The van der Waals surface area contributed by atoms with E-state index in [-0.39, 0.29) is 23.7 Å². The van der Waals surface area contributed by atoms with Gasteiger partial charge in [0.05, 0.1) is 11.3 Å². The van der Waals surface area contributed by atoms with Crippen molar-refractivity contribution in [3.63, 3.8) is 0 Å². The van der Waals surface area contributed by atoms with Crippen molar-refractivity contribution >= 4 is 11.9 Å². The number of carbonyl (C=O) groups is 2. The summed E-state index contributed by atoms with van der Waals surface area (Å²) in [6, 6.07) is 0. The quantitative estimate of drug-likeness (QED) is 0.335. The van der Waals surface area contributed by atoms with Gasteiger partial charge in [-0.25, -0.2) is 0 Å². The second kappa shape index (κ2) is 12.3. The summed E-state index contributed by atoms with van der Waals surface area (Å²) in [6.07, 6.45) is 8.52. The van der Waals surface area contributed by atoms with Gasteiger partial charge in [-0.15, -0.1) is 0 Å². The highest BCUT2D eigenvalue weighted by Gasteiger charge is 2.48. The lowest BCUT2D eigenvalue weighted by Crippen LogP contribution is -2.45. The fourth-order valence-electron chi connectivity index (χ4n) is 4.39. The van der Waals surface area contributed by atoms with Gasteiger partial charge in [0, 0.05) is 0 Å². The van der Waals surface area contributed by atoms with Crippen LogP contribution in [0.2, 0.25) is 0 Å². The minimum Gasteiger partial charge on any atom is -0.481 e. The minimum absolute atomic E-state index is 0.0653. The Morgan fingerprint density at radius 3 is 1.85 bits per heavy atom. The number of aliphatic carboxylic acids is 2. The number of rotatable bonds is 15. The van der Waals surface area contributed by atoms with E-state index in [4.69, 9.17) is 5.11 Å². The van der Waals surface area contributed by atoms with Crippen LogP contribution in [0.25, 0.3) is 0 Å². The van der Waals surface area contributed by atoms with Crippen molar-refractivity contribution < 1.29 is 19.8 Å². The minimum atomic E-state index is -0.768. The first-order chi connectivity index (χ1) is 12.1. The summed E-state index contributed by atoms with van der Waals surface area (Å²) in [5.41, 5.74) is -0.715. The second-order valence-corrected chi connectivity index (χ2v) is 8.69. The molecule has 0 amide bonds. The number of carboxylic acid groups (broad SMARTS) is 2. The molecule has 0 saturated carbocycles. The van der Waals surface area contributed by atoms with Gasteiger partial charge in [-0.05, 0) is 37.0 Å². The standard InChI is InChI=1S/C22H42O4/c1-7-8-9-10-11-15-22(17(4)5,21(25)26)19(16(2)3)14-12-13-18(6)20(23)24/h16-19H,7-15H2,1-6H3,(H,23,24)(H,25,26). The first kappa shape index (κ1) is 24.9. The third-order valence-corrected chi connectivity index (χ3v) is 6.16. The van der Waals surface area contributed by atoms with Crippen LogP contribution in [-0.2, 0) is 9.59 Å². The monoisotopic (exact) mass is 370 g/mol. The summed E-state index contributed by atoms with van der Waals surface area (Å²) in [7, 11) is 0. The molecule has 0 aromatic carbocycles. The Morgan fingerprint density at radius 1 is 0.846 bits per heavy atom. The molecule has 3 atom stereocenters. The van der Waals surface area contributed by atoms with Gasteiger partial charge >= 0.3 is 11.9 Å². The van der Waals surface area contributed by atoms with Gasteiger partial charge in [-0.3, -0.25) is 9.59 Å². The van der Waals surface area contributed by atoms with Crippen molar-refractivity contribution in [2.75, 3.05) is 0 Å². The van der Waals surface area contributed by atoms with Crippen LogP contribution in [-0.4, -0.2) is 22.2 Å². The molecule has 0 heterocycles. The van der Waals surface area contributed by atoms with E-state index in [1.807, 2.05) is 13.8 Å². The van der Waals surface area contributed by atoms with Crippen molar-refractivity contribution in [2.24, 2.45) is 29.1 Å². The second-order valence-electron chi connectivity index (χ2n) is 8.69. The van der Waals surface area contributed by atoms with Gasteiger partial charge in [0.1, 0.15) is 0 Å². The van der Waals surface area contributed by atoms with E-state index in [1.165, 1.54) is 19.3 Å². The maximum atomic E-state index is 12.4. The summed E-state index contributed by atoms with van der Waals surface area (Å²) in [6.45, 7) is 12.2. The van der Waals surface area contributed by atoms with Crippen LogP contribution < -0.4 is 0 Å². The van der Waals surface area contributed by atoms with Crippen LogP contribution in [0.3, 0.4) is 0 Å². The zero-order valence-corrected chi connectivity index (χ0v) is 17.9. The van der Waals surface area contributed by atoms with Crippen molar-refractivity contribution in [2.45, 2.75) is 99.3 Å². The van der Waals surface area contributed by atoms with Gasteiger partial charge in [-0.2, -0.15) is 0 Å². The molecule has 0 aromatic rings. The summed E-state index contributed by atoms with van der Waals surface area (Å²) >= 11 is 0. The Balaban J connectivity index is 5.22. The lowest BCUT2D eigenvalue weighted by Gasteiger charge is -2.43. The molecule has 26 heavy (non-hydrogen) atoms. The van der Waals surface area contributed by atoms with Crippen molar-refractivity contribution in [1.29, 1.82) is 0 Å². The number of hydrogen-bond acceptors (Lipinski definition) is 2. The van der Waals surface area contributed by atoms with Gasteiger partial charge in [0.15, 0.2) is 0 Å².